The van der Waals surface area contributed by atoms with Gasteiger partial charge in [-0.3, -0.25) is 0 Å². The summed E-state index contributed by atoms with van der Waals surface area (Å²) in [6, 6.07) is 7.46. The Bertz CT molecular complexity index is 465. The Hall–Kier alpha value is -0.860. The standard InChI is InChI=1S/C19H29NO/c1-2-18(20-17-9-5-6-10-17)19(21)16-12-11-14-7-3-4-8-15(14)13-16/h11-13,17-21H,2-10H2,1H3. The molecule has 0 aliphatic heterocycles. The molecule has 0 spiro atoms. The van der Waals surface area contributed by atoms with E-state index in [0.29, 0.717) is 6.04 Å². The lowest BCUT2D eigenvalue weighted by Crippen LogP contribution is -2.40. The summed E-state index contributed by atoms with van der Waals surface area (Å²) >= 11 is 0. The number of aliphatic hydroxyl groups is 1. The van der Waals surface area contributed by atoms with Crippen LogP contribution in [0.15, 0.2) is 18.2 Å². The number of benzene rings is 1. The highest BCUT2D eigenvalue weighted by Gasteiger charge is 2.25. The van der Waals surface area contributed by atoms with E-state index in [4.69, 9.17) is 0 Å². The molecule has 0 heterocycles. The largest absolute Gasteiger partial charge is 0.387 e. The third-order valence-electron chi connectivity index (χ3n) is 5.34. The van der Waals surface area contributed by atoms with Gasteiger partial charge in [0.1, 0.15) is 0 Å². The van der Waals surface area contributed by atoms with Gasteiger partial charge in [-0.25, -0.2) is 0 Å². The van der Waals surface area contributed by atoms with Gasteiger partial charge in [0.15, 0.2) is 0 Å². The normalized spacial score (nSPS) is 22.0. The number of fused-ring (bicyclic) bond motifs is 1. The fourth-order valence-electron chi connectivity index (χ4n) is 4.00. The maximum atomic E-state index is 10.8. The van der Waals surface area contributed by atoms with Crippen LogP contribution in [0.5, 0.6) is 0 Å². The average Bonchev–Trinajstić information content (AvgIpc) is 3.04. The Morgan fingerprint density at radius 3 is 2.52 bits per heavy atom. The first-order valence-electron chi connectivity index (χ1n) is 8.83. The van der Waals surface area contributed by atoms with Crippen molar-refractivity contribution in [2.45, 2.75) is 82.9 Å². The van der Waals surface area contributed by atoms with E-state index in [1.807, 2.05) is 0 Å². The van der Waals surface area contributed by atoms with Gasteiger partial charge in [0.05, 0.1) is 6.10 Å². The van der Waals surface area contributed by atoms with Crippen molar-refractivity contribution < 1.29 is 5.11 Å². The molecule has 2 nitrogen and oxygen atoms in total. The Kier molecular flexibility index (Phi) is 4.97. The molecular formula is C19H29NO. The predicted octanol–water partition coefficient (Wildman–Crippen LogP) is 3.91. The van der Waals surface area contributed by atoms with Gasteiger partial charge in [-0.1, -0.05) is 38.0 Å². The molecule has 1 aromatic carbocycles. The minimum absolute atomic E-state index is 0.190. The summed E-state index contributed by atoms with van der Waals surface area (Å²) in [6.07, 6.45) is 10.8. The van der Waals surface area contributed by atoms with Gasteiger partial charge < -0.3 is 10.4 Å². The molecule has 21 heavy (non-hydrogen) atoms. The highest BCUT2D eigenvalue weighted by molar-refractivity contribution is 5.35. The van der Waals surface area contributed by atoms with Crippen LogP contribution in [0.4, 0.5) is 0 Å². The van der Waals surface area contributed by atoms with Crippen molar-refractivity contribution in [2.75, 3.05) is 0 Å². The summed E-state index contributed by atoms with van der Waals surface area (Å²) in [4.78, 5) is 0. The molecule has 2 aliphatic carbocycles. The van der Waals surface area contributed by atoms with Gasteiger partial charge in [-0.05, 0) is 61.6 Å². The molecule has 0 amide bonds. The first kappa shape index (κ1) is 15.1. The zero-order valence-electron chi connectivity index (χ0n) is 13.3. The quantitative estimate of drug-likeness (QED) is 0.860. The van der Waals surface area contributed by atoms with Crippen molar-refractivity contribution in [3.05, 3.63) is 34.9 Å². The summed E-state index contributed by atoms with van der Waals surface area (Å²) in [6.45, 7) is 2.17. The van der Waals surface area contributed by atoms with Crippen LogP contribution in [-0.2, 0) is 12.8 Å². The monoisotopic (exact) mass is 287 g/mol. The summed E-state index contributed by atoms with van der Waals surface area (Å²) in [5.74, 6) is 0. The number of aliphatic hydroxyl groups excluding tert-OH is 1. The molecular weight excluding hydrogens is 258 g/mol. The lowest BCUT2D eigenvalue weighted by molar-refractivity contribution is 0.119. The molecule has 1 saturated carbocycles. The molecule has 2 aliphatic rings. The zero-order chi connectivity index (χ0) is 14.7. The third-order valence-corrected chi connectivity index (χ3v) is 5.34. The van der Waals surface area contributed by atoms with Crippen LogP contribution in [0.1, 0.15) is 74.7 Å². The van der Waals surface area contributed by atoms with Crippen LogP contribution in [-0.4, -0.2) is 17.2 Å². The van der Waals surface area contributed by atoms with Crippen LogP contribution in [0.2, 0.25) is 0 Å². The Morgan fingerprint density at radius 1 is 1.10 bits per heavy atom. The molecule has 116 valence electrons. The fraction of sp³-hybridized carbons (Fsp3) is 0.684. The molecule has 2 N–H and O–H groups in total. The second-order valence-electron chi connectivity index (χ2n) is 6.84. The lowest BCUT2D eigenvalue weighted by Gasteiger charge is -2.28. The van der Waals surface area contributed by atoms with Crippen molar-refractivity contribution in [3.63, 3.8) is 0 Å². The minimum atomic E-state index is -0.372. The maximum absolute atomic E-state index is 10.8. The molecule has 2 unspecified atom stereocenters. The van der Waals surface area contributed by atoms with Crippen LogP contribution in [0, 0.1) is 0 Å². The van der Waals surface area contributed by atoms with Gasteiger partial charge in [0, 0.05) is 12.1 Å². The number of nitrogens with one attached hydrogen (secondary N) is 1. The van der Waals surface area contributed by atoms with E-state index in [9.17, 15) is 5.11 Å². The average molecular weight is 287 g/mol. The van der Waals surface area contributed by atoms with E-state index >= 15 is 0 Å². The third kappa shape index (κ3) is 3.49. The van der Waals surface area contributed by atoms with Crippen molar-refractivity contribution in [3.8, 4) is 0 Å². The molecule has 1 fully saturated rings. The van der Waals surface area contributed by atoms with Gasteiger partial charge in [0.2, 0.25) is 0 Å². The molecule has 0 aromatic heterocycles. The summed E-state index contributed by atoms with van der Waals surface area (Å²) < 4.78 is 0. The molecule has 0 bridgehead atoms. The SMILES string of the molecule is CCC(NC1CCCC1)C(O)c1ccc2c(c1)CCCC2. The van der Waals surface area contributed by atoms with Crippen molar-refractivity contribution in [1.29, 1.82) is 0 Å². The second kappa shape index (κ2) is 6.93. The van der Waals surface area contributed by atoms with E-state index in [2.05, 4.69) is 30.4 Å². The number of rotatable bonds is 5. The van der Waals surface area contributed by atoms with Gasteiger partial charge in [-0.2, -0.15) is 0 Å². The molecule has 0 radical (unpaired) electrons. The molecule has 2 atom stereocenters. The lowest BCUT2D eigenvalue weighted by atomic mass is 9.88. The zero-order valence-corrected chi connectivity index (χ0v) is 13.3. The fourth-order valence-corrected chi connectivity index (χ4v) is 4.00. The van der Waals surface area contributed by atoms with Gasteiger partial charge in [-0.15, -0.1) is 0 Å². The van der Waals surface area contributed by atoms with Crippen LogP contribution in [0.3, 0.4) is 0 Å². The number of hydrogen-bond acceptors (Lipinski definition) is 2. The van der Waals surface area contributed by atoms with Crippen molar-refractivity contribution >= 4 is 0 Å². The van der Waals surface area contributed by atoms with Crippen molar-refractivity contribution in [2.24, 2.45) is 0 Å². The summed E-state index contributed by atoms with van der Waals surface area (Å²) in [7, 11) is 0. The summed E-state index contributed by atoms with van der Waals surface area (Å²) in [5, 5.41) is 14.5. The highest BCUT2D eigenvalue weighted by Crippen LogP contribution is 2.28. The topological polar surface area (TPSA) is 32.3 Å². The second-order valence-corrected chi connectivity index (χ2v) is 6.84. The number of hydrogen-bond donors (Lipinski definition) is 2. The van der Waals surface area contributed by atoms with E-state index in [-0.39, 0.29) is 12.1 Å². The van der Waals surface area contributed by atoms with E-state index in [0.717, 1.165) is 12.0 Å². The molecule has 0 saturated heterocycles. The Balaban J connectivity index is 1.71. The molecule has 3 rings (SSSR count). The van der Waals surface area contributed by atoms with Crippen molar-refractivity contribution in [1.82, 2.24) is 5.32 Å². The minimum Gasteiger partial charge on any atom is -0.387 e. The Morgan fingerprint density at radius 2 is 1.81 bits per heavy atom. The van der Waals surface area contributed by atoms with Crippen LogP contribution < -0.4 is 5.32 Å². The van der Waals surface area contributed by atoms with E-state index < -0.39 is 0 Å². The Labute approximate surface area is 129 Å². The van der Waals surface area contributed by atoms with E-state index in [1.54, 1.807) is 0 Å². The van der Waals surface area contributed by atoms with Gasteiger partial charge >= 0.3 is 0 Å². The first-order chi connectivity index (χ1) is 10.3. The summed E-state index contributed by atoms with van der Waals surface area (Å²) in [5.41, 5.74) is 4.07. The molecule has 1 aromatic rings. The van der Waals surface area contributed by atoms with Crippen LogP contribution >= 0.6 is 0 Å². The molecule has 2 heteroatoms. The highest BCUT2D eigenvalue weighted by atomic mass is 16.3. The van der Waals surface area contributed by atoms with E-state index in [1.165, 1.54) is 62.5 Å². The maximum Gasteiger partial charge on any atom is 0.0943 e. The predicted molar refractivity (Wildman–Crippen MR) is 87.5 cm³/mol. The van der Waals surface area contributed by atoms with Crippen LogP contribution in [0.25, 0.3) is 0 Å². The number of aryl methyl sites for hydroxylation is 2. The smallest absolute Gasteiger partial charge is 0.0943 e. The first-order valence-corrected chi connectivity index (χ1v) is 8.83. The van der Waals surface area contributed by atoms with Gasteiger partial charge in [0.25, 0.3) is 0 Å².